The van der Waals surface area contributed by atoms with Crippen LogP contribution in [0.25, 0.3) is 0 Å². The lowest BCUT2D eigenvalue weighted by Gasteiger charge is -2.13. The van der Waals surface area contributed by atoms with Gasteiger partial charge in [-0.25, -0.2) is 0 Å². The number of hydrogen-bond acceptors (Lipinski definition) is 3. The Hall–Kier alpha value is -1.42. The van der Waals surface area contributed by atoms with Crippen molar-refractivity contribution in [2.45, 2.75) is 13.3 Å². The van der Waals surface area contributed by atoms with Crippen LogP contribution in [0.4, 0.5) is 0 Å². The van der Waals surface area contributed by atoms with E-state index in [0.717, 1.165) is 25.2 Å². The molecular formula is C13H19N3O. The van der Waals surface area contributed by atoms with E-state index in [1.807, 2.05) is 18.2 Å². The first-order chi connectivity index (χ1) is 8.27. The molecule has 92 valence electrons. The van der Waals surface area contributed by atoms with Crippen LogP contribution in [0.1, 0.15) is 12.6 Å². The van der Waals surface area contributed by atoms with Crippen molar-refractivity contribution in [2.24, 2.45) is 11.8 Å². The zero-order valence-electron chi connectivity index (χ0n) is 10.1. The fraction of sp³-hybridized carbons (Fsp3) is 0.538. The van der Waals surface area contributed by atoms with Gasteiger partial charge in [0, 0.05) is 31.4 Å². The molecule has 1 saturated heterocycles. The predicted octanol–water partition coefficient (Wildman–Crippen LogP) is 0.596. The first kappa shape index (κ1) is 12.0. The predicted molar refractivity (Wildman–Crippen MR) is 66.5 cm³/mol. The van der Waals surface area contributed by atoms with Crippen molar-refractivity contribution in [3.8, 4) is 0 Å². The second-order valence-electron chi connectivity index (χ2n) is 4.60. The summed E-state index contributed by atoms with van der Waals surface area (Å²) in [6.07, 6.45) is 2.57. The van der Waals surface area contributed by atoms with Gasteiger partial charge in [0.15, 0.2) is 0 Å². The van der Waals surface area contributed by atoms with E-state index >= 15 is 0 Å². The maximum Gasteiger partial charge on any atom is 0.224 e. The molecule has 0 radical (unpaired) electrons. The Balaban J connectivity index is 1.73. The third-order valence-corrected chi connectivity index (χ3v) is 3.26. The highest BCUT2D eigenvalue weighted by molar-refractivity contribution is 5.79. The highest BCUT2D eigenvalue weighted by atomic mass is 16.1. The number of pyridine rings is 1. The average molecular weight is 233 g/mol. The van der Waals surface area contributed by atoms with Crippen molar-refractivity contribution < 1.29 is 4.79 Å². The van der Waals surface area contributed by atoms with Gasteiger partial charge in [-0.3, -0.25) is 9.78 Å². The molecule has 0 unspecified atom stereocenters. The van der Waals surface area contributed by atoms with Crippen LogP contribution in [0, 0.1) is 11.8 Å². The summed E-state index contributed by atoms with van der Waals surface area (Å²) in [5.74, 6) is 0.724. The quantitative estimate of drug-likeness (QED) is 0.800. The summed E-state index contributed by atoms with van der Waals surface area (Å²) in [5, 5.41) is 6.22. The van der Waals surface area contributed by atoms with Crippen molar-refractivity contribution in [2.75, 3.05) is 19.6 Å². The molecule has 17 heavy (non-hydrogen) atoms. The van der Waals surface area contributed by atoms with E-state index in [9.17, 15) is 4.79 Å². The molecule has 1 amide bonds. The molecule has 0 aliphatic carbocycles. The minimum atomic E-state index is 0.124. The van der Waals surface area contributed by atoms with E-state index in [2.05, 4.69) is 22.5 Å². The minimum absolute atomic E-state index is 0.124. The van der Waals surface area contributed by atoms with Crippen LogP contribution in [0.3, 0.4) is 0 Å². The van der Waals surface area contributed by atoms with Gasteiger partial charge in [-0.15, -0.1) is 0 Å². The second kappa shape index (κ2) is 5.77. The monoisotopic (exact) mass is 233 g/mol. The fourth-order valence-electron chi connectivity index (χ4n) is 2.15. The Kier molecular flexibility index (Phi) is 4.09. The molecule has 1 aromatic rings. The second-order valence-corrected chi connectivity index (χ2v) is 4.60. The Morgan fingerprint density at radius 1 is 1.53 bits per heavy atom. The van der Waals surface area contributed by atoms with Crippen molar-refractivity contribution >= 4 is 5.91 Å². The molecule has 2 N–H and O–H groups in total. The van der Waals surface area contributed by atoms with E-state index in [0.29, 0.717) is 12.5 Å². The maximum atomic E-state index is 11.9. The largest absolute Gasteiger partial charge is 0.355 e. The molecule has 4 nitrogen and oxygen atoms in total. The summed E-state index contributed by atoms with van der Waals surface area (Å²) in [4.78, 5) is 16.1. The summed E-state index contributed by atoms with van der Waals surface area (Å²) in [5.41, 5.74) is 1.02. The first-order valence-electron chi connectivity index (χ1n) is 6.15. The number of nitrogens with one attached hydrogen (secondary N) is 2. The van der Waals surface area contributed by atoms with Crippen LogP contribution in [-0.4, -0.2) is 30.5 Å². The first-order valence-corrected chi connectivity index (χ1v) is 6.15. The van der Waals surface area contributed by atoms with Crippen molar-refractivity contribution in [1.29, 1.82) is 0 Å². The summed E-state index contributed by atoms with van der Waals surface area (Å²) in [7, 11) is 0. The molecule has 0 bridgehead atoms. The fourth-order valence-corrected chi connectivity index (χ4v) is 2.15. The number of carbonyl (C=O) groups excluding carboxylic acids is 1. The molecule has 0 spiro atoms. The molecule has 4 heteroatoms. The number of hydrogen-bond donors (Lipinski definition) is 2. The summed E-state index contributed by atoms with van der Waals surface area (Å²) < 4.78 is 0. The molecule has 2 heterocycles. The van der Waals surface area contributed by atoms with Gasteiger partial charge in [-0.05, 0) is 24.6 Å². The van der Waals surface area contributed by atoms with Gasteiger partial charge in [0.25, 0.3) is 0 Å². The molecule has 2 atom stereocenters. The van der Waals surface area contributed by atoms with Gasteiger partial charge in [-0.2, -0.15) is 0 Å². The van der Waals surface area contributed by atoms with Gasteiger partial charge < -0.3 is 10.6 Å². The van der Waals surface area contributed by atoms with Crippen LogP contribution in [0.2, 0.25) is 0 Å². The van der Waals surface area contributed by atoms with Crippen molar-refractivity contribution in [1.82, 2.24) is 15.6 Å². The van der Waals surface area contributed by atoms with Gasteiger partial charge in [0.1, 0.15) is 0 Å². The highest BCUT2D eigenvalue weighted by Crippen LogP contribution is 2.15. The summed E-state index contributed by atoms with van der Waals surface area (Å²) in [6.45, 7) is 4.52. The Morgan fingerprint density at radius 2 is 2.41 bits per heavy atom. The summed E-state index contributed by atoms with van der Waals surface area (Å²) >= 11 is 0. The number of rotatable bonds is 4. The summed E-state index contributed by atoms with van der Waals surface area (Å²) in [6, 6.07) is 5.84. The highest BCUT2D eigenvalue weighted by Gasteiger charge is 2.28. The molecule has 1 aliphatic heterocycles. The van der Waals surface area contributed by atoms with Gasteiger partial charge in [-0.1, -0.05) is 13.0 Å². The number of nitrogens with zero attached hydrogens (tertiary/aromatic N) is 1. The number of carbonyl (C=O) groups is 1. The van der Waals surface area contributed by atoms with Crippen LogP contribution in [0.15, 0.2) is 24.4 Å². The smallest absolute Gasteiger partial charge is 0.224 e. The lowest BCUT2D eigenvalue weighted by Crippen LogP contribution is -2.35. The van der Waals surface area contributed by atoms with Crippen LogP contribution in [0.5, 0.6) is 0 Å². The minimum Gasteiger partial charge on any atom is -0.355 e. The maximum absolute atomic E-state index is 11.9. The zero-order chi connectivity index (χ0) is 12.1. The molecule has 2 rings (SSSR count). The zero-order valence-corrected chi connectivity index (χ0v) is 10.1. The standard InChI is InChI=1S/C13H19N3O/c1-10-8-14-9-12(10)13(17)16-7-5-11-4-2-3-6-15-11/h2-4,6,10,12,14H,5,7-9H2,1H3,(H,16,17)/t10-,12-/m1/s1. The number of aromatic nitrogens is 1. The van der Waals surface area contributed by atoms with E-state index in [-0.39, 0.29) is 11.8 Å². The van der Waals surface area contributed by atoms with Gasteiger partial charge in [0.05, 0.1) is 5.92 Å². The molecule has 1 aromatic heterocycles. The third kappa shape index (κ3) is 3.27. The van der Waals surface area contributed by atoms with Crippen molar-refractivity contribution in [3.63, 3.8) is 0 Å². The molecule has 1 fully saturated rings. The topological polar surface area (TPSA) is 54.0 Å². The van der Waals surface area contributed by atoms with Crippen molar-refractivity contribution in [3.05, 3.63) is 30.1 Å². The molecule has 0 aromatic carbocycles. The Bertz CT molecular complexity index is 366. The number of amides is 1. The average Bonchev–Trinajstić information content (AvgIpc) is 2.77. The third-order valence-electron chi connectivity index (χ3n) is 3.26. The Morgan fingerprint density at radius 3 is 3.06 bits per heavy atom. The van der Waals surface area contributed by atoms with Crippen LogP contribution in [-0.2, 0) is 11.2 Å². The SMILES string of the molecule is C[C@@H]1CNC[C@H]1C(=O)NCCc1ccccn1. The molecular weight excluding hydrogens is 214 g/mol. The van der Waals surface area contributed by atoms with E-state index < -0.39 is 0 Å². The van der Waals surface area contributed by atoms with Gasteiger partial charge in [0.2, 0.25) is 5.91 Å². The van der Waals surface area contributed by atoms with E-state index in [4.69, 9.17) is 0 Å². The van der Waals surface area contributed by atoms with Gasteiger partial charge >= 0.3 is 0 Å². The lowest BCUT2D eigenvalue weighted by molar-refractivity contribution is -0.125. The van der Waals surface area contributed by atoms with Crippen LogP contribution >= 0.6 is 0 Å². The van der Waals surface area contributed by atoms with E-state index in [1.54, 1.807) is 6.20 Å². The molecule has 0 saturated carbocycles. The lowest BCUT2D eigenvalue weighted by atomic mass is 9.97. The van der Waals surface area contributed by atoms with E-state index in [1.165, 1.54) is 0 Å². The van der Waals surface area contributed by atoms with Crippen LogP contribution < -0.4 is 10.6 Å². The Labute approximate surface area is 102 Å². The normalized spacial score (nSPS) is 23.6. The molecule has 1 aliphatic rings.